The monoisotopic (exact) mass is 124 g/mol. The highest BCUT2D eigenvalue weighted by molar-refractivity contribution is 5.28. The molecule has 9 heavy (non-hydrogen) atoms. The van der Waals surface area contributed by atoms with Gasteiger partial charge in [-0.2, -0.15) is 4.89 Å². The summed E-state index contributed by atoms with van der Waals surface area (Å²) < 4.78 is 0. The van der Waals surface area contributed by atoms with Crippen LogP contribution in [0.4, 0.5) is 0 Å². The zero-order chi connectivity index (χ0) is 6.69. The zero-order valence-electron chi connectivity index (χ0n) is 5.09. The number of hydrogen-bond acceptors (Lipinski definition) is 2. The molecule has 2 nitrogen and oxygen atoms in total. The van der Waals surface area contributed by atoms with Crippen LogP contribution in [0.25, 0.3) is 0 Å². The molecule has 48 valence electrons. The van der Waals surface area contributed by atoms with Crippen LogP contribution >= 0.6 is 0 Å². The molecule has 0 amide bonds. The first-order valence-corrected chi connectivity index (χ1v) is 2.66. The van der Waals surface area contributed by atoms with Crippen molar-refractivity contribution in [3.63, 3.8) is 0 Å². The Hall–Kier alpha value is -1.02. The second-order valence-electron chi connectivity index (χ2n) is 1.64. The standard InChI is InChI=1S/C7H8O2/c1-3-6-5-8-9-7(6)4-2/h3-4H,1-2,5H2. The Kier molecular flexibility index (Phi) is 1.70. The fraction of sp³-hybridized carbons (Fsp3) is 0.143. The molecular weight excluding hydrogens is 116 g/mol. The van der Waals surface area contributed by atoms with Gasteiger partial charge in [0.2, 0.25) is 0 Å². The molecule has 0 fully saturated rings. The number of rotatable bonds is 2. The van der Waals surface area contributed by atoms with E-state index in [0.29, 0.717) is 12.4 Å². The van der Waals surface area contributed by atoms with Crippen LogP contribution in [-0.2, 0) is 9.78 Å². The van der Waals surface area contributed by atoms with E-state index in [2.05, 4.69) is 18.0 Å². The van der Waals surface area contributed by atoms with Crippen LogP contribution in [0, 0.1) is 0 Å². The van der Waals surface area contributed by atoms with Gasteiger partial charge >= 0.3 is 0 Å². The van der Waals surface area contributed by atoms with E-state index in [-0.39, 0.29) is 0 Å². The van der Waals surface area contributed by atoms with Crippen LogP contribution in [-0.4, -0.2) is 6.61 Å². The Balaban J connectivity index is 2.81. The third-order valence-electron chi connectivity index (χ3n) is 1.11. The summed E-state index contributed by atoms with van der Waals surface area (Å²) in [5.74, 6) is 0.671. The van der Waals surface area contributed by atoms with Gasteiger partial charge in [-0.15, -0.1) is 0 Å². The summed E-state index contributed by atoms with van der Waals surface area (Å²) in [6.45, 7) is 7.58. The molecule has 2 heteroatoms. The fourth-order valence-electron chi connectivity index (χ4n) is 0.606. The van der Waals surface area contributed by atoms with Gasteiger partial charge in [0.05, 0.1) is 0 Å². The van der Waals surface area contributed by atoms with Gasteiger partial charge < -0.3 is 4.89 Å². The minimum absolute atomic E-state index is 0.477. The molecule has 0 N–H and O–H groups in total. The topological polar surface area (TPSA) is 18.5 Å². The normalized spacial score (nSPS) is 17.3. The van der Waals surface area contributed by atoms with Gasteiger partial charge in [-0.05, 0) is 6.08 Å². The van der Waals surface area contributed by atoms with Gasteiger partial charge in [0, 0.05) is 5.57 Å². The molecule has 0 aliphatic carbocycles. The van der Waals surface area contributed by atoms with Crippen LogP contribution in [0.15, 0.2) is 36.6 Å². The average molecular weight is 124 g/mol. The van der Waals surface area contributed by atoms with Crippen molar-refractivity contribution in [2.24, 2.45) is 0 Å². The largest absolute Gasteiger partial charge is 0.337 e. The van der Waals surface area contributed by atoms with Crippen molar-refractivity contribution in [3.8, 4) is 0 Å². The summed E-state index contributed by atoms with van der Waals surface area (Å²) in [4.78, 5) is 9.33. The van der Waals surface area contributed by atoms with Crippen molar-refractivity contribution in [1.82, 2.24) is 0 Å². The Bertz CT molecular complexity index is 150. The Labute approximate surface area is 54.0 Å². The summed E-state index contributed by atoms with van der Waals surface area (Å²) in [5.41, 5.74) is 0.949. The maximum Gasteiger partial charge on any atom is 0.170 e. The first kappa shape index (κ1) is 6.11. The molecule has 1 aliphatic rings. The second kappa shape index (κ2) is 2.51. The van der Waals surface area contributed by atoms with Gasteiger partial charge in [0.1, 0.15) is 6.61 Å². The first-order chi connectivity index (χ1) is 4.38. The van der Waals surface area contributed by atoms with Gasteiger partial charge in [-0.1, -0.05) is 19.2 Å². The molecule has 0 bridgehead atoms. The highest BCUT2D eigenvalue weighted by Gasteiger charge is 2.10. The maximum atomic E-state index is 4.70. The molecule has 0 unspecified atom stereocenters. The lowest BCUT2D eigenvalue weighted by Crippen LogP contribution is -1.80. The summed E-state index contributed by atoms with van der Waals surface area (Å²) in [6.07, 6.45) is 3.30. The molecule has 0 aromatic carbocycles. The summed E-state index contributed by atoms with van der Waals surface area (Å²) in [6, 6.07) is 0. The SMILES string of the molecule is C=CC1=C(C=C)OOC1. The van der Waals surface area contributed by atoms with E-state index >= 15 is 0 Å². The van der Waals surface area contributed by atoms with Crippen molar-refractivity contribution >= 4 is 0 Å². The molecular formula is C7H8O2. The van der Waals surface area contributed by atoms with E-state index in [9.17, 15) is 0 Å². The molecule has 0 radical (unpaired) electrons. The highest BCUT2D eigenvalue weighted by Crippen LogP contribution is 2.16. The van der Waals surface area contributed by atoms with Crippen molar-refractivity contribution < 1.29 is 9.78 Å². The van der Waals surface area contributed by atoms with E-state index in [1.165, 1.54) is 0 Å². The third-order valence-corrected chi connectivity index (χ3v) is 1.11. The molecule has 0 atom stereocenters. The van der Waals surface area contributed by atoms with Gasteiger partial charge in [0.15, 0.2) is 5.76 Å². The Morgan fingerprint density at radius 2 is 2.11 bits per heavy atom. The third kappa shape index (κ3) is 1.03. The van der Waals surface area contributed by atoms with Crippen LogP contribution in [0.5, 0.6) is 0 Å². The molecule has 0 saturated carbocycles. The van der Waals surface area contributed by atoms with Crippen LogP contribution < -0.4 is 0 Å². The average Bonchev–Trinajstić information content (AvgIpc) is 2.33. The molecule has 0 aromatic rings. The van der Waals surface area contributed by atoms with E-state index in [1.54, 1.807) is 12.2 Å². The molecule has 0 aromatic heterocycles. The molecule has 1 rings (SSSR count). The Morgan fingerprint density at radius 3 is 2.56 bits per heavy atom. The first-order valence-electron chi connectivity index (χ1n) is 2.66. The lowest BCUT2D eigenvalue weighted by Gasteiger charge is -1.89. The van der Waals surface area contributed by atoms with Crippen molar-refractivity contribution in [1.29, 1.82) is 0 Å². The van der Waals surface area contributed by atoms with Crippen molar-refractivity contribution in [3.05, 3.63) is 36.6 Å². The number of allylic oxidation sites excluding steroid dienone is 1. The molecule has 1 heterocycles. The zero-order valence-corrected chi connectivity index (χ0v) is 5.09. The Morgan fingerprint density at radius 1 is 1.33 bits per heavy atom. The smallest absolute Gasteiger partial charge is 0.170 e. The second-order valence-corrected chi connectivity index (χ2v) is 1.64. The van der Waals surface area contributed by atoms with Crippen LogP contribution in [0.1, 0.15) is 0 Å². The lowest BCUT2D eigenvalue weighted by molar-refractivity contribution is -0.230. The predicted octanol–water partition coefficient (Wildman–Crippen LogP) is 1.57. The summed E-state index contributed by atoms with van der Waals surface area (Å²) in [7, 11) is 0. The van der Waals surface area contributed by atoms with Crippen LogP contribution in [0.2, 0.25) is 0 Å². The minimum Gasteiger partial charge on any atom is -0.337 e. The lowest BCUT2D eigenvalue weighted by atomic mass is 10.2. The van der Waals surface area contributed by atoms with Gasteiger partial charge in [-0.3, -0.25) is 0 Å². The fourth-order valence-corrected chi connectivity index (χ4v) is 0.606. The van der Waals surface area contributed by atoms with E-state index in [1.807, 2.05) is 0 Å². The van der Waals surface area contributed by atoms with Crippen LogP contribution in [0.3, 0.4) is 0 Å². The quantitative estimate of drug-likeness (QED) is 0.520. The van der Waals surface area contributed by atoms with Crippen molar-refractivity contribution in [2.75, 3.05) is 6.61 Å². The predicted molar refractivity (Wildman–Crippen MR) is 34.5 cm³/mol. The van der Waals surface area contributed by atoms with E-state index in [4.69, 9.17) is 4.89 Å². The van der Waals surface area contributed by atoms with Crippen molar-refractivity contribution in [2.45, 2.75) is 0 Å². The summed E-state index contributed by atoms with van der Waals surface area (Å²) >= 11 is 0. The summed E-state index contributed by atoms with van der Waals surface area (Å²) in [5, 5.41) is 0. The van der Waals surface area contributed by atoms with Gasteiger partial charge in [-0.25, -0.2) is 0 Å². The minimum atomic E-state index is 0.477. The molecule has 0 saturated heterocycles. The van der Waals surface area contributed by atoms with E-state index < -0.39 is 0 Å². The van der Waals surface area contributed by atoms with Gasteiger partial charge in [0.25, 0.3) is 0 Å². The number of hydrogen-bond donors (Lipinski definition) is 0. The molecule has 0 spiro atoms. The maximum absolute atomic E-state index is 4.70. The molecule has 1 aliphatic heterocycles. The highest BCUT2D eigenvalue weighted by atomic mass is 17.2. The van der Waals surface area contributed by atoms with E-state index in [0.717, 1.165) is 5.57 Å².